The lowest BCUT2D eigenvalue weighted by molar-refractivity contribution is -0.155. The number of benzene rings is 2. The van der Waals surface area contributed by atoms with Gasteiger partial charge >= 0.3 is 0 Å². The number of aromatic hydroxyl groups is 1. The number of ketones is 2. The molecule has 0 unspecified atom stereocenters. The Bertz CT molecular complexity index is 1540. The number of amides is 1. The molecule has 8 N–H and O–H groups in total. The number of phenols is 1. The molecule has 40 heavy (non-hydrogen) atoms. The fourth-order valence-electron chi connectivity index (χ4n) is 6.77. The average Bonchev–Trinajstić information content (AvgIpc) is 2.88. The number of fused-ring (bicyclic) bond motifs is 3. The highest BCUT2D eigenvalue weighted by molar-refractivity contribution is 6.23. The smallest absolute Gasteiger partial charge is 0.255 e. The molecule has 0 heterocycles. The third kappa shape index (κ3) is 3.62. The summed E-state index contributed by atoms with van der Waals surface area (Å²) in [5.74, 6) is -8.17. The number of carbonyl (C=O) groups is 3. The monoisotopic (exact) mass is 547 g/mol. The number of aliphatic hydroxyl groups is 3. The molecule has 3 aliphatic carbocycles. The molecule has 1 fully saturated rings. The van der Waals surface area contributed by atoms with Crippen LogP contribution in [0.1, 0.15) is 31.4 Å². The first-order valence-electron chi connectivity index (χ1n) is 13.1. The fourth-order valence-corrected chi connectivity index (χ4v) is 6.77. The van der Waals surface area contributed by atoms with E-state index in [0.717, 1.165) is 11.3 Å². The summed E-state index contributed by atoms with van der Waals surface area (Å²) < 4.78 is 0. The van der Waals surface area contributed by atoms with Crippen molar-refractivity contribution >= 4 is 34.6 Å². The molecular weight excluding hydrogens is 514 g/mol. The zero-order valence-electron chi connectivity index (χ0n) is 22.7. The molecule has 2 aromatic carbocycles. The van der Waals surface area contributed by atoms with Crippen LogP contribution in [0.2, 0.25) is 0 Å². The predicted octanol–water partition coefficient (Wildman–Crippen LogP) is 2.62. The fraction of sp³-hybridized carbons (Fsp3) is 0.367. The maximum absolute atomic E-state index is 14.0. The number of carbonyl (C=O) groups excluding carboxylic acids is 3. The third-order valence-electron chi connectivity index (χ3n) is 8.69. The molecule has 10 nitrogen and oxygen atoms in total. The van der Waals surface area contributed by atoms with Gasteiger partial charge in [0.15, 0.2) is 11.4 Å². The first-order valence-corrected chi connectivity index (χ1v) is 13.1. The van der Waals surface area contributed by atoms with Crippen LogP contribution in [-0.4, -0.2) is 57.6 Å². The summed E-state index contributed by atoms with van der Waals surface area (Å²) in [4.78, 5) is 41.4. The van der Waals surface area contributed by atoms with Crippen LogP contribution < -0.4 is 16.4 Å². The quantitative estimate of drug-likeness (QED) is 0.190. The minimum atomic E-state index is -2.65. The van der Waals surface area contributed by atoms with Gasteiger partial charge in [0.25, 0.3) is 5.91 Å². The molecule has 5 rings (SSSR count). The van der Waals surface area contributed by atoms with E-state index in [0.29, 0.717) is 11.1 Å². The van der Waals surface area contributed by atoms with E-state index < -0.39 is 69.6 Å². The van der Waals surface area contributed by atoms with Gasteiger partial charge in [-0.15, -0.1) is 0 Å². The first kappa shape index (κ1) is 27.3. The van der Waals surface area contributed by atoms with Crippen LogP contribution >= 0.6 is 0 Å². The summed E-state index contributed by atoms with van der Waals surface area (Å²) in [6, 6.07) is 9.25. The Balaban J connectivity index is 1.73. The van der Waals surface area contributed by atoms with E-state index in [1.807, 2.05) is 43.3 Å². The number of nitrogens with zero attached hydrogens (tertiary/aromatic N) is 1. The van der Waals surface area contributed by atoms with Gasteiger partial charge in [0.05, 0.1) is 11.3 Å². The first-order chi connectivity index (χ1) is 18.7. The lowest BCUT2D eigenvalue weighted by Gasteiger charge is -2.50. The second-order valence-electron chi connectivity index (χ2n) is 11.5. The van der Waals surface area contributed by atoms with E-state index in [1.54, 1.807) is 19.9 Å². The summed E-state index contributed by atoms with van der Waals surface area (Å²) in [5.41, 5.74) is 10.8. The number of aliphatic hydroxyl groups excluding tert-OH is 2. The van der Waals surface area contributed by atoms with Crippen LogP contribution in [0.5, 0.6) is 5.75 Å². The summed E-state index contributed by atoms with van der Waals surface area (Å²) >= 11 is 0. The van der Waals surface area contributed by atoms with E-state index in [2.05, 4.69) is 0 Å². The van der Waals surface area contributed by atoms with Gasteiger partial charge in [-0.3, -0.25) is 14.4 Å². The molecular formula is C30H33N3O7. The van der Waals surface area contributed by atoms with Gasteiger partial charge in [0, 0.05) is 37.2 Å². The Kier molecular flexibility index (Phi) is 6.22. The highest BCUT2D eigenvalue weighted by atomic mass is 16.3. The lowest BCUT2D eigenvalue weighted by atomic mass is 9.54. The van der Waals surface area contributed by atoms with Crippen molar-refractivity contribution in [2.24, 2.45) is 29.4 Å². The van der Waals surface area contributed by atoms with Gasteiger partial charge in [-0.05, 0) is 59.6 Å². The highest BCUT2D eigenvalue weighted by Gasteiger charge is 2.64. The van der Waals surface area contributed by atoms with Crippen molar-refractivity contribution in [3.63, 3.8) is 0 Å². The van der Waals surface area contributed by atoms with Crippen molar-refractivity contribution < 1.29 is 34.8 Å². The number of nitrogen functional groups attached to an aromatic ring is 1. The number of primary amides is 1. The van der Waals surface area contributed by atoms with Gasteiger partial charge in [-0.25, -0.2) is 0 Å². The number of anilines is 2. The SMILES string of the molecule is CC(C)[C@@H]1C(=O)C(C(N)=O)=C(O)[C@@]2(O)C(=O)C3=C(O)c4c(O)c(N)cc(-c5ccc(N(C)C)cc5)c4C[C@H]3C[C@@H]12. The number of Topliss-reactive ketones (excluding diaryl/α,β-unsaturated/α-hetero) is 2. The molecule has 1 amide bonds. The van der Waals surface area contributed by atoms with E-state index in [1.165, 1.54) is 0 Å². The largest absolute Gasteiger partial charge is 0.508 e. The lowest BCUT2D eigenvalue weighted by Crippen LogP contribution is -2.62. The second kappa shape index (κ2) is 9.12. The summed E-state index contributed by atoms with van der Waals surface area (Å²) in [7, 11) is 3.84. The molecule has 1 saturated carbocycles. The Hall–Kier alpha value is -4.31. The second-order valence-corrected chi connectivity index (χ2v) is 11.5. The molecule has 0 aromatic heterocycles. The number of phenolic OH excluding ortho intramolecular Hbond substituents is 1. The summed E-state index contributed by atoms with van der Waals surface area (Å²) in [6.07, 6.45) is 0.244. The van der Waals surface area contributed by atoms with Crippen LogP contribution in [0.4, 0.5) is 11.4 Å². The minimum Gasteiger partial charge on any atom is -0.508 e. The van der Waals surface area contributed by atoms with E-state index in [9.17, 15) is 34.8 Å². The Morgan fingerprint density at radius 1 is 1.10 bits per heavy atom. The van der Waals surface area contributed by atoms with Gasteiger partial charge < -0.3 is 36.8 Å². The van der Waals surface area contributed by atoms with Gasteiger partial charge in [-0.2, -0.15) is 0 Å². The van der Waals surface area contributed by atoms with Crippen molar-refractivity contribution in [2.75, 3.05) is 24.7 Å². The molecule has 0 saturated heterocycles. The van der Waals surface area contributed by atoms with E-state index in [4.69, 9.17) is 11.5 Å². The van der Waals surface area contributed by atoms with Crippen LogP contribution in [0, 0.1) is 23.7 Å². The van der Waals surface area contributed by atoms with Gasteiger partial charge in [0.2, 0.25) is 5.78 Å². The maximum Gasteiger partial charge on any atom is 0.255 e. The maximum atomic E-state index is 14.0. The van der Waals surface area contributed by atoms with Crippen molar-refractivity contribution in [3.05, 3.63) is 58.4 Å². The zero-order chi connectivity index (χ0) is 29.4. The topological polar surface area (TPSA) is 187 Å². The molecule has 10 heteroatoms. The number of nitrogens with two attached hydrogens (primary N) is 2. The minimum absolute atomic E-state index is 0.0159. The number of hydrogen-bond acceptors (Lipinski definition) is 9. The van der Waals surface area contributed by atoms with Gasteiger partial charge in [0.1, 0.15) is 22.8 Å². The Morgan fingerprint density at radius 2 is 1.73 bits per heavy atom. The summed E-state index contributed by atoms with van der Waals surface area (Å²) in [6.45, 7) is 3.45. The van der Waals surface area contributed by atoms with Crippen LogP contribution in [0.15, 0.2) is 47.2 Å². The molecule has 210 valence electrons. The highest BCUT2D eigenvalue weighted by Crippen LogP contribution is 2.56. The third-order valence-corrected chi connectivity index (χ3v) is 8.69. The Morgan fingerprint density at radius 3 is 2.27 bits per heavy atom. The molecule has 0 radical (unpaired) electrons. The predicted molar refractivity (Wildman–Crippen MR) is 149 cm³/mol. The molecule has 0 bridgehead atoms. The number of hydrogen-bond donors (Lipinski definition) is 6. The molecule has 0 aliphatic heterocycles. The molecule has 4 atom stereocenters. The average molecular weight is 548 g/mol. The molecule has 0 spiro atoms. The van der Waals surface area contributed by atoms with Crippen molar-refractivity contribution in [2.45, 2.75) is 32.3 Å². The van der Waals surface area contributed by atoms with Crippen molar-refractivity contribution in [3.8, 4) is 16.9 Å². The molecule has 3 aliphatic rings. The van der Waals surface area contributed by atoms with Crippen LogP contribution in [0.3, 0.4) is 0 Å². The van der Waals surface area contributed by atoms with Gasteiger partial charge in [-0.1, -0.05) is 26.0 Å². The zero-order valence-corrected chi connectivity index (χ0v) is 22.7. The Labute approximate surface area is 231 Å². The van der Waals surface area contributed by atoms with E-state index in [-0.39, 0.29) is 29.7 Å². The number of rotatable bonds is 4. The van der Waals surface area contributed by atoms with Crippen LogP contribution in [0.25, 0.3) is 16.9 Å². The van der Waals surface area contributed by atoms with Crippen LogP contribution in [-0.2, 0) is 20.8 Å². The standard InChI is InChI=1S/C30H33N3O7/c1-12(2)20-18-10-14-9-17-16(13-5-7-15(8-6-13)33(3)4)11-19(31)24(34)22(17)26(36)21(14)27(37)30(18,40)28(38)23(25(20)35)29(32)39/h5-8,11-12,14,18,20,34,36,38,40H,9-10,31H2,1-4H3,(H2,32,39)/t14-,18-,20-,30-/m0/s1. The molecule has 2 aromatic rings. The summed E-state index contributed by atoms with van der Waals surface area (Å²) in [5, 5.41) is 45.1. The van der Waals surface area contributed by atoms with Crippen molar-refractivity contribution in [1.82, 2.24) is 0 Å². The van der Waals surface area contributed by atoms with Crippen molar-refractivity contribution in [1.29, 1.82) is 0 Å². The van der Waals surface area contributed by atoms with E-state index >= 15 is 0 Å². The normalized spacial score (nSPS) is 26.0.